The maximum Gasteiger partial charge on any atom is 0.356 e. The van der Waals surface area contributed by atoms with Gasteiger partial charge in [-0.05, 0) is 29.8 Å². The molecule has 1 amide bonds. The van der Waals surface area contributed by atoms with Gasteiger partial charge in [-0.15, -0.1) is 0 Å². The summed E-state index contributed by atoms with van der Waals surface area (Å²) in [6.07, 6.45) is 1.59. The predicted molar refractivity (Wildman–Crippen MR) is 97.0 cm³/mol. The molecule has 0 aliphatic carbocycles. The van der Waals surface area contributed by atoms with Crippen LogP contribution < -0.4 is 10.1 Å². The SMILES string of the molecule is O=C(O)c1ccn(-c2cccc(CNC(=O)C3COc4ccccc43)c2)n1. The van der Waals surface area contributed by atoms with E-state index in [-0.39, 0.29) is 17.5 Å². The number of ether oxygens (including phenoxy) is 1. The van der Waals surface area contributed by atoms with E-state index in [0.717, 1.165) is 22.6 Å². The van der Waals surface area contributed by atoms with Crippen molar-refractivity contribution in [2.24, 2.45) is 0 Å². The van der Waals surface area contributed by atoms with Gasteiger partial charge < -0.3 is 15.2 Å². The van der Waals surface area contributed by atoms with Crippen LogP contribution in [0.25, 0.3) is 5.69 Å². The van der Waals surface area contributed by atoms with Crippen molar-refractivity contribution in [3.63, 3.8) is 0 Å². The minimum Gasteiger partial charge on any atom is -0.492 e. The molecular formula is C20H17N3O4. The molecule has 1 atom stereocenters. The van der Waals surface area contributed by atoms with Crippen LogP contribution in [0.2, 0.25) is 0 Å². The van der Waals surface area contributed by atoms with E-state index in [2.05, 4.69) is 10.4 Å². The third-order valence-corrected chi connectivity index (χ3v) is 4.47. The number of carbonyl (C=O) groups is 2. The van der Waals surface area contributed by atoms with Gasteiger partial charge >= 0.3 is 5.97 Å². The molecule has 4 rings (SSSR count). The molecule has 3 aromatic rings. The Bertz CT molecular complexity index is 1010. The van der Waals surface area contributed by atoms with E-state index in [9.17, 15) is 9.59 Å². The molecule has 7 nitrogen and oxygen atoms in total. The molecule has 136 valence electrons. The molecule has 1 aromatic heterocycles. The highest BCUT2D eigenvalue weighted by Gasteiger charge is 2.29. The third-order valence-electron chi connectivity index (χ3n) is 4.47. The van der Waals surface area contributed by atoms with Crippen LogP contribution in [0.15, 0.2) is 60.8 Å². The van der Waals surface area contributed by atoms with E-state index in [1.54, 1.807) is 6.20 Å². The Morgan fingerprint density at radius 1 is 1.19 bits per heavy atom. The number of hydrogen-bond donors (Lipinski definition) is 2. The smallest absolute Gasteiger partial charge is 0.356 e. The lowest BCUT2D eigenvalue weighted by molar-refractivity contribution is -0.122. The molecule has 0 saturated carbocycles. The average Bonchev–Trinajstić information content (AvgIpc) is 3.34. The number of fused-ring (bicyclic) bond motifs is 1. The Balaban J connectivity index is 1.44. The fourth-order valence-corrected chi connectivity index (χ4v) is 3.08. The van der Waals surface area contributed by atoms with Crippen molar-refractivity contribution in [3.8, 4) is 11.4 Å². The molecule has 7 heteroatoms. The number of carboxylic acid groups (broad SMARTS) is 1. The Hall–Kier alpha value is -3.61. The fraction of sp³-hybridized carbons (Fsp3) is 0.150. The lowest BCUT2D eigenvalue weighted by atomic mass is 10.0. The summed E-state index contributed by atoms with van der Waals surface area (Å²) >= 11 is 0. The van der Waals surface area contributed by atoms with E-state index >= 15 is 0 Å². The summed E-state index contributed by atoms with van der Waals surface area (Å²) in [5.74, 6) is -0.713. The van der Waals surface area contributed by atoms with Gasteiger partial charge in [-0.3, -0.25) is 4.79 Å². The zero-order valence-corrected chi connectivity index (χ0v) is 14.3. The van der Waals surface area contributed by atoms with Crippen molar-refractivity contribution in [3.05, 3.63) is 77.6 Å². The molecule has 0 fully saturated rings. The number of hydrogen-bond acceptors (Lipinski definition) is 4. The van der Waals surface area contributed by atoms with Crippen LogP contribution in [0.3, 0.4) is 0 Å². The largest absolute Gasteiger partial charge is 0.492 e. The summed E-state index contributed by atoms with van der Waals surface area (Å²) in [7, 11) is 0. The van der Waals surface area contributed by atoms with Crippen molar-refractivity contribution in [2.75, 3.05) is 6.61 Å². The zero-order valence-electron chi connectivity index (χ0n) is 14.3. The number of carbonyl (C=O) groups excluding carboxylic acids is 1. The van der Waals surface area contributed by atoms with Gasteiger partial charge in [0, 0.05) is 18.3 Å². The van der Waals surface area contributed by atoms with E-state index in [1.807, 2.05) is 48.5 Å². The predicted octanol–water partition coefficient (Wildman–Crippen LogP) is 2.36. The highest BCUT2D eigenvalue weighted by Crippen LogP contribution is 2.33. The standard InChI is InChI=1S/C20H17N3O4/c24-19(16-12-27-18-7-2-1-6-15(16)18)21-11-13-4-3-5-14(10-13)23-9-8-17(22-23)20(25)26/h1-10,16H,11-12H2,(H,21,24)(H,25,26). The minimum atomic E-state index is -1.07. The van der Waals surface area contributed by atoms with E-state index in [4.69, 9.17) is 9.84 Å². The number of amides is 1. The van der Waals surface area contributed by atoms with Gasteiger partial charge in [0.15, 0.2) is 5.69 Å². The molecule has 2 heterocycles. The Kier molecular flexibility index (Phi) is 4.33. The number of para-hydroxylation sites is 1. The quantitative estimate of drug-likeness (QED) is 0.726. The minimum absolute atomic E-state index is 0.0198. The lowest BCUT2D eigenvalue weighted by Gasteiger charge is -2.11. The first kappa shape index (κ1) is 16.8. The highest BCUT2D eigenvalue weighted by molar-refractivity contribution is 5.85. The molecule has 1 aliphatic heterocycles. The summed E-state index contributed by atoms with van der Waals surface area (Å²) in [6, 6.07) is 16.4. The van der Waals surface area contributed by atoms with Gasteiger partial charge in [-0.1, -0.05) is 30.3 Å². The molecule has 2 aromatic carbocycles. The van der Waals surface area contributed by atoms with Gasteiger partial charge in [0.25, 0.3) is 0 Å². The van der Waals surface area contributed by atoms with Crippen LogP contribution in [-0.2, 0) is 11.3 Å². The first-order chi connectivity index (χ1) is 13.1. The van der Waals surface area contributed by atoms with Gasteiger partial charge in [-0.2, -0.15) is 5.10 Å². The normalized spacial score (nSPS) is 15.0. The zero-order chi connectivity index (χ0) is 18.8. The summed E-state index contributed by atoms with van der Waals surface area (Å²) in [4.78, 5) is 23.5. The first-order valence-corrected chi connectivity index (χ1v) is 8.49. The molecule has 0 bridgehead atoms. The summed E-state index contributed by atoms with van der Waals surface area (Å²) in [5, 5.41) is 15.9. The maximum atomic E-state index is 12.5. The molecule has 2 N–H and O–H groups in total. The van der Waals surface area contributed by atoms with Crippen molar-refractivity contribution in [1.82, 2.24) is 15.1 Å². The van der Waals surface area contributed by atoms with Crippen LogP contribution in [0.1, 0.15) is 27.5 Å². The molecule has 1 unspecified atom stereocenters. The molecule has 0 radical (unpaired) electrons. The summed E-state index contributed by atoms with van der Waals surface area (Å²) in [5.41, 5.74) is 2.50. The van der Waals surface area contributed by atoms with Crippen LogP contribution in [0.4, 0.5) is 0 Å². The number of nitrogens with one attached hydrogen (secondary N) is 1. The number of benzene rings is 2. The van der Waals surface area contributed by atoms with E-state index in [1.165, 1.54) is 10.7 Å². The number of rotatable bonds is 5. The molecule has 27 heavy (non-hydrogen) atoms. The summed E-state index contributed by atoms with van der Waals surface area (Å²) < 4.78 is 7.06. The maximum absolute atomic E-state index is 12.5. The Morgan fingerprint density at radius 3 is 2.85 bits per heavy atom. The van der Waals surface area contributed by atoms with Crippen LogP contribution in [-0.4, -0.2) is 33.4 Å². The van der Waals surface area contributed by atoms with Gasteiger partial charge in [0.05, 0.1) is 5.69 Å². The monoisotopic (exact) mass is 363 g/mol. The second-order valence-corrected chi connectivity index (χ2v) is 6.24. The number of carboxylic acids is 1. The topological polar surface area (TPSA) is 93.5 Å². The van der Waals surface area contributed by atoms with Crippen LogP contribution in [0, 0.1) is 0 Å². The molecular weight excluding hydrogens is 346 g/mol. The Labute approximate surface area is 155 Å². The van der Waals surface area contributed by atoms with Gasteiger partial charge in [-0.25, -0.2) is 9.48 Å². The highest BCUT2D eigenvalue weighted by atomic mass is 16.5. The van der Waals surface area contributed by atoms with Crippen molar-refractivity contribution >= 4 is 11.9 Å². The fourth-order valence-electron chi connectivity index (χ4n) is 3.08. The molecule has 0 saturated heterocycles. The Morgan fingerprint density at radius 2 is 2.04 bits per heavy atom. The second kappa shape index (κ2) is 6.95. The number of aromatic carboxylic acids is 1. The van der Waals surface area contributed by atoms with Crippen LogP contribution in [0.5, 0.6) is 5.75 Å². The van der Waals surface area contributed by atoms with Crippen LogP contribution >= 0.6 is 0 Å². The second-order valence-electron chi connectivity index (χ2n) is 6.24. The van der Waals surface area contributed by atoms with E-state index < -0.39 is 5.97 Å². The number of nitrogens with zero attached hydrogens (tertiary/aromatic N) is 2. The first-order valence-electron chi connectivity index (χ1n) is 8.49. The number of aromatic nitrogens is 2. The average molecular weight is 363 g/mol. The molecule has 1 aliphatic rings. The molecule has 0 spiro atoms. The third kappa shape index (κ3) is 3.39. The van der Waals surface area contributed by atoms with Crippen molar-refractivity contribution in [1.29, 1.82) is 0 Å². The van der Waals surface area contributed by atoms with Crippen molar-refractivity contribution < 1.29 is 19.4 Å². The lowest BCUT2D eigenvalue weighted by Crippen LogP contribution is -2.29. The summed E-state index contributed by atoms with van der Waals surface area (Å²) in [6.45, 7) is 0.703. The van der Waals surface area contributed by atoms with Gasteiger partial charge in [0.2, 0.25) is 5.91 Å². The van der Waals surface area contributed by atoms with Crippen molar-refractivity contribution in [2.45, 2.75) is 12.5 Å². The van der Waals surface area contributed by atoms with E-state index in [0.29, 0.717) is 13.2 Å². The van der Waals surface area contributed by atoms with Gasteiger partial charge in [0.1, 0.15) is 18.3 Å².